The number of esters is 1. The molecule has 0 N–H and O–H groups in total. The van der Waals surface area contributed by atoms with Crippen LogP contribution in [0.1, 0.15) is 103 Å². The summed E-state index contributed by atoms with van der Waals surface area (Å²) in [4.78, 5) is 22.1. The Kier molecular flexibility index (Phi) is 15.9. The van der Waals surface area contributed by atoms with Crippen LogP contribution in [0.25, 0.3) is 0 Å². The average Bonchev–Trinajstić information content (AvgIpc) is 2.54. The van der Waals surface area contributed by atoms with Crippen molar-refractivity contribution in [3.8, 4) is 0 Å². The Balaban J connectivity index is 3.05. The lowest BCUT2D eigenvalue weighted by molar-refractivity contribution is -0.140. The fourth-order valence-corrected chi connectivity index (χ4v) is 2.64. The van der Waals surface area contributed by atoms with Gasteiger partial charge < -0.3 is 4.74 Å². The zero-order valence-corrected chi connectivity index (χ0v) is 14.8. The van der Waals surface area contributed by atoms with E-state index in [1.54, 1.807) is 0 Å². The quantitative estimate of drug-likeness (QED) is 0.275. The highest BCUT2D eigenvalue weighted by atomic mass is 16.5. The van der Waals surface area contributed by atoms with Crippen LogP contribution >= 0.6 is 0 Å². The van der Waals surface area contributed by atoms with Crippen molar-refractivity contribution >= 4 is 11.8 Å². The predicted octanol–water partition coefficient (Wildman–Crippen LogP) is 5.60. The molecular formula is C19H36O3. The van der Waals surface area contributed by atoms with Gasteiger partial charge in [0.15, 0.2) is 0 Å². The normalized spacial score (nSPS) is 10.6. The average molecular weight is 312 g/mol. The number of unbranched alkanes of at least 4 members (excludes halogenated alkanes) is 11. The van der Waals surface area contributed by atoms with Crippen LogP contribution in [0.3, 0.4) is 0 Å². The van der Waals surface area contributed by atoms with Gasteiger partial charge in [-0.25, -0.2) is 0 Å². The zero-order chi connectivity index (χ0) is 16.5. The lowest BCUT2D eigenvalue weighted by atomic mass is 10.0. The Bertz CT molecular complexity index is 246. The lowest BCUT2D eigenvalue weighted by Gasteiger charge is -2.03. The van der Waals surface area contributed by atoms with E-state index in [0.29, 0.717) is 18.6 Å². The molecule has 0 atom stereocenters. The first-order chi connectivity index (χ1) is 10.7. The summed E-state index contributed by atoms with van der Waals surface area (Å²) in [6.07, 6.45) is 16.9. The van der Waals surface area contributed by atoms with Gasteiger partial charge >= 0.3 is 5.97 Å². The molecule has 0 rings (SSSR count). The van der Waals surface area contributed by atoms with Crippen LogP contribution in [0.5, 0.6) is 0 Å². The maximum Gasteiger partial charge on any atom is 0.305 e. The number of ether oxygens (including phenoxy) is 1. The molecule has 0 bridgehead atoms. The van der Waals surface area contributed by atoms with Gasteiger partial charge in [0.05, 0.1) is 7.11 Å². The molecule has 0 fully saturated rings. The maximum atomic E-state index is 11.1. The molecule has 0 saturated carbocycles. The van der Waals surface area contributed by atoms with Gasteiger partial charge in [0.25, 0.3) is 0 Å². The molecule has 0 heterocycles. The van der Waals surface area contributed by atoms with Gasteiger partial charge in [-0.3, -0.25) is 9.59 Å². The number of Topliss-reactive ketones (excluding diaryl/α,β-unsaturated/α-hetero) is 1. The second kappa shape index (κ2) is 16.5. The second-order valence-electron chi connectivity index (χ2n) is 6.21. The molecule has 0 aliphatic carbocycles. The number of rotatable bonds is 16. The van der Waals surface area contributed by atoms with Crippen molar-refractivity contribution in [1.82, 2.24) is 0 Å². The van der Waals surface area contributed by atoms with Gasteiger partial charge in [-0.1, -0.05) is 71.1 Å². The Morgan fingerprint density at radius 3 is 1.36 bits per heavy atom. The first-order valence-electron chi connectivity index (χ1n) is 9.29. The van der Waals surface area contributed by atoms with E-state index in [2.05, 4.69) is 4.74 Å². The molecular weight excluding hydrogens is 276 g/mol. The minimum absolute atomic E-state index is 0.0842. The molecule has 0 unspecified atom stereocenters. The van der Waals surface area contributed by atoms with Gasteiger partial charge in [-0.15, -0.1) is 0 Å². The van der Waals surface area contributed by atoms with E-state index in [0.717, 1.165) is 25.7 Å². The van der Waals surface area contributed by atoms with Crippen LogP contribution in [0.2, 0.25) is 0 Å². The Morgan fingerprint density at radius 2 is 1.00 bits per heavy atom. The molecule has 0 spiro atoms. The van der Waals surface area contributed by atoms with Crippen molar-refractivity contribution < 1.29 is 14.3 Å². The largest absolute Gasteiger partial charge is 0.469 e. The third-order valence-corrected chi connectivity index (χ3v) is 4.21. The van der Waals surface area contributed by atoms with Gasteiger partial charge in [0.2, 0.25) is 0 Å². The lowest BCUT2D eigenvalue weighted by Crippen LogP contribution is -1.99. The van der Waals surface area contributed by atoms with Crippen molar-refractivity contribution in [1.29, 1.82) is 0 Å². The van der Waals surface area contributed by atoms with E-state index in [1.807, 2.05) is 6.92 Å². The van der Waals surface area contributed by atoms with Crippen molar-refractivity contribution in [2.45, 2.75) is 103 Å². The van der Waals surface area contributed by atoms with Crippen LogP contribution in [-0.2, 0) is 14.3 Å². The van der Waals surface area contributed by atoms with Crippen LogP contribution in [0, 0.1) is 0 Å². The van der Waals surface area contributed by atoms with Crippen LogP contribution < -0.4 is 0 Å². The summed E-state index contributed by atoms with van der Waals surface area (Å²) in [5, 5.41) is 0. The van der Waals surface area contributed by atoms with E-state index >= 15 is 0 Å². The minimum atomic E-state index is -0.0842. The fraction of sp³-hybridized carbons (Fsp3) is 0.895. The highest BCUT2D eigenvalue weighted by Crippen LogP contribution is 2.13. The highest BCUT2D eigenvalue weighted by molar-refractivity contribution is 5.77. The zero-order valence-electron chi connectivity index (χ0n) is 14.8. The van der Waals surface area contributed by atoms with Gasteiger partial charge in [-0.2, -0.15) is 0 Å². The van der Waals surface area contributed by atoms with Crippen molar-refractivity contribution in [3.05, 3.63) is 0 Å². The SMILES string of the molecule is CCC(=O)CCCCCCCCCCCCCCC(=O)OC. The number of carbonyl (C=O) groups excluding carboxylic acids is 2. The third kappa shape index (κ3) is 15.5. The van der Waals surface area contributed by atoms with E-state index in [4.69, 9.17) is 0 Å². The van der Waals surface area contributed by atoms with Crippen molar-refractivity contribution in [2.24, 2.45) is 0 Å². The summed E-state index contributed by atoms with van der Waals surface area (Å²) in [6.45, 7) is 1.95. The summed E-state index contributed by atoms with van der Waals surface area (Å²) in [5.41, 5.74) is 0. The van der Waals surface area contributed by atoms with E-state index in [9.17, 15) is 9.59 Å². The van der Waals surface area contributed by atoms with Gasteiger partial charge in [0.1, 0.15) is 5.78 Å². The Labute approximate surface area is 137 Å². The van der Waals surface area contributed by atoms with Gasteiger partial charge in [-0.05, 0) is 12.8 Å². The van der Waals surface area contributed by atoms with E-state index in [-0.39, 0.29) is 5.97 Å². The van der Waals surface area contributed by atoms with E-state index < -0.39 is 0 Å². The highest BCUT2D eigenvalue weighted by Gasteiger charge is 1.99. The van der Waals surface area contributed by atoms with Crippen LogP contribution in [-0.4, -0.2) is 18.9 Å². The number of hydrogen-bond donors (Lipinski definition) is 0. The topological polar surface area (TPSA) is 43.4 Å². The van der Waals surface area contributed by atoms with Crippen LogP contribution in [0.4, 0.5) is 0 Å². The third-order valence-electron chi connectivity index (χ3n) is 4.21. The summed E-state index contributed by atoms with van der Waals surface area (Å²) >= 11 is 0. The van der Waals surface area contributed by atoms with Crippen molar-refractivity contribution in [3.63, 3.8) is 0 Å². The summed E-state index contributed by atoms with van der Waals surface area (Å²) in [6, 6.07) is 0. The molecule has 0 amide bonds. The Morgan fingerprint density at radius 1 is 0.636 bits per heavy atom. The standard InChI is InChI=1S/C19H36O3/c1-3-18(20)16-14-12-10-8-6-4-5-7-9-11-13-15-17-19(21)22-2/h3-17H2,1-2H3. The Hall–Kier alpha value is -0.860. The monoisotopic (exact) mass is 312 g/mol. The summed E-state index contributed by atoms with van der Waals surface area (Å²) < 4.78 is 4.62. The molecule has 0 saturated heterocycles. The second-order valence-corrected chi connectivity index (χ2v) is 6.21. The molecule has 0 aromatic heterocycles. The molecule has 3 heteroatoms. The molecule has 0 aromatic carbocycles. The van der Waals surface area contributed by atoms with E-state index in [1.165, 1.54) is 64.9 Å². The molecule has 0 aliphatic rings. The molecule has 130 valence electrons. The first kappa shape index (κ1) is 21.1. The number of ketones is 1. The smallest absolute Gasteiger partial charge is 0.305 e. The summed E-state index contributed by atoms with van der Waals surface area (Å²) in [7, 11) is 1.45. The first-order valence-corrected chi connectivity index (χ1v) is 9.29. The number of carbonyl (C=O) groups is 2. The molecule has 0 aliphatic heterocycles. The summed E-state index contributed by atoms with van der Waals surface area (Å²) in [5.74, 6) is 0.325. The molecule has 3 nitrogen and oxygen atoms in total. The van der Waals surface area contributed by atoms with Crippen LogP contribution in [0.15, 0.2) is 0 Å². The number of methoxy groups -OCH3 is 1. The molecule has 0 aromatic rings. The molecule has 22 heavy (non-hydrogen) atoms. The fourth-order valence-electron chi connectivity index (χ4n) is 2.64. The van der Waals surface area contributed by atoms with Gasteiger partial charge in [0, 0.05) is 19.3 Å². The predicted molar refractivity (Wildman–Crippen MR) is 92.0 cm³/mol. The molecule has 0 radical (unpaired) electrons. The maximum absolute atomic E-state index is 11.1. The van der Waals surface area contributed by atoms with Crippen molar-refractivity contribution in [2.75, 3.05) is 7.11 Å². The minimum Gasteiger partial charge on any atom is -0.469 e. The number of hydrogen-bond acceptors (Lipinski definition) is 3.